The molecule has 11 heteroatoms. The number of carbonyl (C=O) groups is 2. The molecule has 2 aromatic rings. The van der Waals surface area contributed by atoms with Gasteiger partial charge in [-0.05, 0) is 24.3 Å². The molecule has 152 valence electrons. The van der Waals surface area contributed by atoms with Gasteiger partial charge >= 0.3 is 0 Å². The van der Waals surface area contributed by atoms with Crippen molar-refractivity contribution in [2.45, 2.75) is 0 Å². The maximum atomic E-state index is 12.1. The van der Waals surface area contributed by atoms with Crippen LogP contribution in [0.3, 0.4) is 0 Å². The molecule has 0 aromatic heterocycles. The minimum Gasteiger partial charge on any atom is -0.493 e. The van der Waals surface area contributed by atoms with Crippen LogP contribution >= 0.6 is 11.6 Å². The molecule has 0 atom stereocenters. The highest BCUT2D eigenvalue weighted by molar-refractivity contribution is 6.32. The molecule has 0 heterocycles. The third kappa shape index (κ3) is 5.91. The molecule has 0 saturated carbocycles. The number of ether oxygens (including phenoxy) is 2. The first-order valence-corrected chi connectivity index (χ1v) is 8.49. The number of hydrazone groups is 1. The zero-order valence-corrected chi connectivity index (χ0v) is 16.2. The van der Waals surface area contributed by atoms with Crippen molar-refractivity contribution in [3.8, 4) is 11.5 Å². The van der Waals surface area contributed by atoms with Gasteiger partial charge in [-0.25, -0.2) is 5.43 Å². The average Bonchev–Trinajstić information content (AvgIpc) is 2.72. The molecule has 0 spiro atoms. The van der Waals surface area contributed by atoms with Crippen LogP contribution in [0.5, 0.6) is 11.5 Å². The van der Waals surface area contributed by atoms with E-state index in [4.69, 9.17) is 21.1 Å². The Hall–Kier alpha value is -3.66. The molecule has 0 aliphatic carbocycles. The Morgan fingerprint density at radius 3 is 2.55 bits per heavy atom. The molecule has 0 radical (unpaired) electrons. The third-order valence-corrected chi connectivity index (χ3v) is 3.94. The predicted octanol–water partition coefficient (Wildman–Crippen LogP) is 2.15. The lowest BCUT2D eigenvalue weighted by Crippen LogP contribution is -2.34. The molecule has 0 unspecified atom stereocenters. The number of nitro benzene ring substituents is 1. The first-order valence-electron chi connectivity index (χ1n) is 8.11. The zero-order valence-electron chi connectivity index (χ0n) is 15.5. The van der Waals surface area contributed by atoms with Gasteiger partial charge in [-0.3, -0.25) is 19.7 Å². The number of amides is 2. The first-order chi connectivity index (χ1) is 13.8. The minimum atomic E-state index is -0.623. The monoisotopic (exact) mass is 420 g/mol. The topological polar surface area (TPSA) is 132 Å². The maximum absolute atomic E-state index is 12.1. The van der Waals surface area contributed by atoms with Gasteiger partial charge in [-0.1, -0.05) is 17.7 Å². The molecule has 0 aliphatic heterocycles. The van der Waals surface area contributed by atoms with Gasteiger partial charge in [0.25, 0.3) is 17.5 Å². The Morgan fingerprint density at radius 1 is 1.17 bits per heavy atom. The summed E-state index contributed by atoms with van der Waals surface area (Å²) in [5.74, 6) is -0.221. The Morgan fingerprint density at radius 2 is 1.90 bits per heavy atom. The van der Waals surface area contributed by atoms with Gasteiger partial charge in [0.2, 0.25) is 0 Å². The fraction of sp³-hybridized carbons (Fsp3) is 0.167. The molecule has 0 bridgehead atoms. The highest BCUT2D eigenvalue weighted by atomic mass is 35.5. The van der Waals surface area contributed by atoms with Gasteiger partial charge in [0, 0.05) is 17.2 Å². The van der Waals surface area contributed by atoms with Crippen molar-refractivity contribution in [3.63, 3.8) is 0 Å². The summed E-state index contributed by atoms with van der Waals surface area (Å²) in [5, 5.41) is 17.0. The Balaban J connectivity index is 1.90. The summed E-state index contributed by atoms with van der Waals surface area (Å²) >= 11 is 5.72. The van der Waals surface area contributed by atoms with Crippen molar-refractivity contribution in [2.24, 2.45) is 5.10 Å². The van der Waals surface area contributed by atoms with Crippen LogP contribution in [0.1, 0.15) is 15.9 Å². The van der Waals surface area contributed by atoms with Gasteiger partial charge in [-0.15, -0.1) is 0 Å². The van der Waals surface area contributed by atoms with Crippen LogP contribution < -0.4 is 20.2 Å². The van der Waals surface area contributed by atoms with Gasteiger partial charge in [0.15, 0.2) is 11.5 Å². The van der Waals surface area contributed by atoms with Gasteiger partial charge < -0.3 is 14.8 Å². The summed E-state index contributed by atoms with van der Waals surface area (Å²) in [6, 6.07) is 8.66. The van der Waals surface area contributed by atoms with Crippen LogP contribution in [0, 0.1) is 10.1 Å². The van der Waals surface area contributed by atoms with E-state index >= 15 is 0 Å². The number of halogens is 1. The van der Waals surface area contributed by atoms with Crippen LogP contribution in [-0.2, 0) is 4.79 Å². The number of carbonyl (C=O) groups excluding carboxylic acids is 2. The van der Waals surface area contributed by atoms with E-state index in [0.717, 1.165) is 0 Å². The number of nitrogens with zero attached hydrogens (tertiary/aromatic N) is 2. The molecule has 2 aromatic carbocycles. The Bertz CT molecular complexity index is 963. The highest BCUT2D eigenvalue weighted by Crippen LogP contribution is 2.27. The standard InChI is InChI=1S/C18H17ClN4O6/c1-28-15-6-4-12(8-16(15)29-2)18(25)20-10-17(24)22-21-9-11-3-5-13(19)14(7-11)23(26)27/h3-9H,10H2,1-2H3,(H,20,25)(H,22,24)/b21-9+. The normalized spacial score (nSPS) is 10.4. The van der Waals surface area contributed by atoms with Crippen molar-refractivity contribution in [1.29, 1.82) is 0 Å². The molecule has 2 N–H and O–H groups in total. The fourth-order valence-electron chi connectivity index (χ4n) is 2.21. The van der Waals surface area contributed by atoms with E-state index in [1.165, 1.54) is 50.8 Å². The minimum absolute atomic E-state index is 0.00550. The second-order valence-electron chi connectivity index (χ2n) is 5.51. The van der Waals surface area contributed by atoms with Crippen molar-refractivity contribution in [2.75, 3.05) is 20.8 Å². The molecule has 2 rings (SSSR count). The van der Waals surface area contributed by atoms with Crippen LogP contribution in [0.15, 0.2) is 41.5 Å². The summed E-state index contributed by atoms with van der Waals surface area (Å²) in [5.41, 5.74) is 2.59. The molecule has 0 aliphatic rings. The lowest BCUT2D eigenvalue weighted by atomic mass is 10.2. The molecule has 10 nitrogen and oxygen atoms in total. The lowest BCUT2D eigenvalue weighted by Gasteiger charge is -2.09. The van der Waals surface area contributed by atoms with E-state index in [1.807, 2.05) is 0 Å². The van der Waals surface area contributed by atoms with Crippen molar-refractivity contribution in [3.05, 3.63) is 62.7 Å². The summed E-state index contributed by atoms with van der Waals surface area (Å²) in [7, 11) is 2.92. The van der Waals surface area contributed by atoms with Crippen LogP contribution in [-0.4, -0.2) is 43.7 Å². The second-order valence-corrected chi connectivity index (χ2v) is 5.92. The number of hydrogen-bond acceptors (Lipinski definition) is 7. The highest BCUT2D eigenvalue weighted by Gasteiger charge is 2.13. The third-order valence-electron chi connectivity index (χ3n) is 3.62. The van der Waals surface area contributed by atoms with E-state index in [0.29, 0.717) is 17.1 Å². The molecule has 0 fully saturated rings. The molecular formula is C18H17ClN4O6. The SMILES string of the molecule is COc1ccc(C(=O)NCC(=O)N/N=C/c2ccc(Cl)c([N+](=O)[O-])c2)cc1OC. The van der Waals surface area contributed by atoms with E-state index < -0.39 is 16.7 Å². The van der Waals surface area contributed by atoms with Crippen LogP contribution in [0.25, 0.3) is 0 Å². The summed E-state index contributed by atoms with van der Waals surface area (Å²) < 4.78 is 10.2. The van der Waals surface area contributed by atoms with Gasteiger partial charge in [0.05, 0.1) is 31.9 Å². The Kier molecular flexibility index (Phi) is 7.49. The first kappa shape index (κ1) is 21.6. The molecule has 29 heavy (non-hydrogen) atoms. The molecule has 2 amide bonds. The summed E-state index contributed by atoms with van der Waals surface area (Å²) in [4.78, 5) is 34.2. The number of methoxy groups -OCH3 is 2. The zero-order chi connectivity index (χ0) is 21.4. The van der Waals surface area contributed by atoms with Crippen molar-refractivity contribution >= 4 is 35.3 Å². The van der Waals surface area contributed by atoms with Gasteiger partial charge in [-0.2, -0.15) is 5.10 Å². The molecular weight excluding hydrogens is 404 g/mol. The fourth-order valence-corrected chi connectivity index (χ4v) is 2.39. The number of hydrogen-bond donors (Lipinski definition) is 2. The number of nitro groups is 1. The summed E-state index contributed by atoms with van der Waals surface area (Å²) in [6.45, 7) is -0.328. The number of nitrogens with one attached hydrogen (secondary N) is 2. The average molecular weight is 421 g/mol. The summed E-state index contributed by atoms with van der Waals surface area (Å²) in [6.07, 6.45) is 1.22. The quantitative estimate of drug-likeness (QED) is 0.382. The van der Waals surface area contributed by atoms with E-state index in [1.54, 1.807) is 6.07 Å². The van der Waals surface area contributed by atoms with Crippen LogP contribution in [0.4, 0.5) is 5.69 Å². The van der Waals surface area contributed by atoms with E-state index in [-0.39, 0.29) is 22.8 Å². The number of rotatable bonds is 8. The number of benzene rings is 2. The smallest absolute Gasteiger partial charge is 0.288 e. The van der Waals surface area contributed by atoms with Gasteiger partial charge in [0.1, 0.15) is 5.02 Å². The maximum Gasteiger partial charge on any atom is 0.288 e. The van der Waals surface area contributed by atoms with Crippen LogP contribution in [0.2, 0.25) is 5.02 Å². The Labute approximate surface area is 170 Å². The van der Waals surface area contributed by atoms with E-state index in [2.05, 4.69) is 15.8 Å². The lowest BCUT2D eigenvalue weighted by molar-refractivity contribution is -0.384. The van der Waals surface area contributed by atoms with Crippen molar-refractivity contribution in [1.82, 2.24) is 10.7 Å². The molecule has 0 saturated heterocycles. The predicted molar refractivity (Wildman–Crippen MR) is 106 cm³/mol. The van der Waals surface area contributed by atoms with E-state index in [9.17, 15) is 19.7 Å². The second kappa shape index (κ2) is 10.0. The van der Waals surface area contributed by atoms with Crippen molar-refractivity contribution < 1.29 is 24.0 Å². The largest absolute Gasteiger partial charge is 0.493 e.